The maximum Gasteiger partial charge on any atom is 0.328 e. The lowest BCUT2D eigenvalue weighted by atomic mass is 10.0. The number of aryl methyl sites for hydroxylation is 3. The second kappa shape index (κ2) is 8.47. The second-order valence-electron chi connectivity index (χ2n) is 7.27. The van der Waals surface area contributed by atoms with Crippen LogP contribution >= 0.6 is 27.5 Å². The van der Waals surface area contributed by atoms with Gasteiger partial charge < -0.3 is 4.52 Å². The number of hydrogen-bond acceptors (Lipinski definition) is 6. The Morgan fingerprint density at radius 3 is 2.45 bits per heavy atom. The Morgan fingerprint density at radius 2 is 1.82 bits per heavy atom. The number of halogens is 2. The highest BCUT2D eigenvalue weighted by atomic mass is 79.9. The molecule has 12 heteroatoms. The summed E-state index contributed by atoms with van der Waals surface area (Å²) in [7, 11) is -1.21. The Bertz CT molecular complexity index is 1590. The highest BCUT2D eigenvalue weighted by molar-refractivity contribution is 9.10. The average Bonchev–Trinajstić information content (AvgIpc) is 3.29. The van der Waals surface area contributed by atoms with Crippen molar-refractivity contribution < 1.29 is 17.7 Å². The van der Waals surface area contributed by atoms with Gasteiger partial charge in [0, 0.05) is 30.6 Å². The van der Waals surface area contributed by atoms with E-state index >= 15 is 0 Å². The number of carbonyl (C=O) groups is 1. The normalized spacial score (nSPS) is 11.8. The molecule has 4 aromatic rings. The summed E-state index contributed by atoms with van der Waals surface area (Å²) in [6.45, 7) is 1.75. The van der Waals surface area contributed by atoms with Crippen LogP contribution in [-0.4, -0.2) is 28.6 Å². The molecule has 0 saturated heterocycles. The van der Waals surface area contributed by atoms with Gasteiger partial charge in [0.05, 0.1) is 16.1 Å². The van der Waals surface area contributed by atoms with Crippen LogP contribution in [0.5, 0.6) is 0 Å². The Morgan fingerprint density at radius 1 is 1.18 bits per heavy atom. The van der Waals surface area contributed by atoms with Crippen molar-refractivity contribution in [2.45, 2.75) is 18.2 Å². The van der Waals surface area contributed by atoms with E-state index in [1.165, 1.54) is 28.3 Å². The van der Waals surface area contributed by atoms with Crippen molar-refractivity contribution in [3.05, 3.63) is 67.7 Å². The van der Waals surface area contributed by atoms with Crippen LogP contribution in [0.15, 0.2) is 55.1 Å². The summed E-state index contributed by atoms with van der Waals surface area (Å²) < 4.78 is 36.7. The van der Waals surface area contributed by atoms with Crippen molar-refractivity contribution in [2.75, 3.05) is 0 Å². The number of imidazole rings is 1. The highest BCUT2D eigenvalue weighted by Gasteiger charge is 2.29. The molecule has 2 aromatic carbocycles. The standard InChI is InChI=1S/C21H18BrClN4O5S/c1-4-16-18(19(24-32-16)11-7-5-6-8-13(11)23)20(28)25-33(30,31)17-10-15-14(9-12(17)22)26(2)21(29)27(15)3/h5-10H,4H2,1-3H3,(H,25,28). The molecule has 0 radical (unpaired) electrons. The largest absolute Gasteiger partial charge is 0.360 e. The van der Waals surface area contributed by atoms with Gasteiger partial charge in [0.15, 0.2) is 0 Å². The monoisotopic (exact) mass is 552 g/mol. The van der Waals surface area contributed by atoms with Crippen LogP contribution in [-0.2, 0) is 30.5 Å². The fourth-order valence-corrected chi connectivity index (χ4v) is 5.81. The molecule has 33 heavy (non-hydrogen) atoms. The third-order valence-electron chi connectivity index (χ3n) is 5.28. The Labute approximate surface area is 202 Å². The van der Waals surface area contributed by atoms with E-state index in [0.717, 1.165) is 0 Å². The summed E-state index contributed by atoms with van der Waals surface area (Å²) in [5.74, 6) is -0.686. The van der Waals surface area contributed by atoms with Crippen molar-refractivity contribution in [2.24, 2.45) is 14.1 Å². The molecule has 0 aliphatic heterocycles. The van der Waals surface area contributed by atoms with Gasteiger partial charge in [0.2, 0.25) is 0 Å². The zero-order valence-electron chi connectivity index (χ0n) is 17.7. The van der Waals surface area contributed by atoms with Crippen molar-refractivity contribution in [1.29, 1.82) is 0 Å². The molecule has 4 rings (SSSR count). The lowest BCUT2D eigenvalue weighted by Gasteiger charge is -2.10. The van der Waals surface area contributed by atoms with Gasteiger partial charge in [-0.25, -0.2) is 17.9 Å². The van der Waals surface area contributed by atoms with Gasteiger partial charge in [-0.2, -0.15) is 0 Å². The molecule has 0 aliphatic carbocycles. The van der Waals surface area contributed by atoms with E-state index in [1.54, 1.807) is 38.2 Å². The number of carbonyl (C=O) groups excluding carboxylic acids is 1. The van der Waals surface area contributed by atoms with Crippen LogP contribution in [0.1, 0.15) is 23.0 Å². The van der Waals surface area contributed by atoms with E-state index < -0.39 is 15.9 Å². The number of hydrogen-bond donors (Lipinski definition) is 1. The van der Waals surface area contributed by atoms with Crippen LogP contribution < -0.4 is 10.4 Å². The van der Waals surface area contributed by atoms with E-state index in [0.29, 0.717) is 28.0 Å². The lowest BCUT2D eigenvalue weighted by Crippen LogP contribution is -2.31. The fourth-order valence-electron chi connectivity index (χ4n) is 3.57. The Hall–Kier alpha value is -2.89. The molecule has 172 valence electrons. The van der Waals surface area contributed by atoms with E-state index in [1.807, 2.05) is 0 Å². The molecule has 0 unspecified atom stereocenters. The number of nitrogens with zero attached hydrogens (tertiary/aromatic N) is 3. The molecular formula is C21H18BrClN4O5S. The zero-order valence-corrected chi connectivity index (χ0v) is 20.9. The summed E-state index contributed by atoms with van der Waals surface area (Å²) in [4.78, 5) is 25.2. The molecule has 2 aromatic heterocycles. The quantitative estimate of drug-likeness (QED) is 0.403. The van der Waals surface area contributed by atoms with Crippen LogP contribution in [0.3, 0.4) is 0 Å². The van der Waals surface area contributed by atoms with Gasteiger partial charge in [-0.3, -0.25) is 13.9 Å². The number of aromatic nitrogens is 3. The lowest BCUT2D eigenvalue weighted by molar-refractivity contribution is 0.0980. The number of nitrogens with one attached hydrogen (secondary N) is 1. The van der Waals surface area contributed by atoms with Gasteiger partial charge in [-0.1, -0.05) is 41.9 Å². The molecule has 9 nitrogen and oxygen atoms in total. The number of amides is 1. The SMILES string of the molecule is CCc1onc(-c2ccccc2Cl)c1C(=O)NS(=O)(=O)c1cc2c(cc1Br)n(C)c(=O)n2C. The summed E-state index contributed by atoms with van der Waals surface area (Å²) in [6, 6.07) is 9.58. The second-order valence-corrected chi connectivity index (χ2v) is 10.2. The molecule has 1 N–H and O–H groups in total. The topological polar surface area (TPSA) is 116 Å². The molecule has 2 heterocycles. The van der Waals surface area contributed by atoms with Crippen LogP contribution in [0.25, 0.3) is 22.3 Å². The van der Waals surface area contributed by atoms with Crippen molar-refractivity contribution in [3.8, 4) is 11.3 Å². The molecule has 0 saturated carbocycles. The molecule has 1 amide bonds. The summed E-state index contributed by atoms with van der Waals surface area (Å²) >= 11 is 9.50. The third kappa shape index (κ3) is 3.90. The number of benzene rings is 2. The predicted octanol–water partition coefficient (Wildman–Crippen LogP) is 3.63. The van der Waals surface area contributed by atoms with Crippen LogP contribution in [0, 0.1) is 0 Å². The van der Waals surface area contributed by atoms with Crippen molar-refractivity contribution in [1.82, 2.24) is 19.0 Å². The maximum absolute atomic E-state index is 13.2. The van der Waals surface area contributed by atoms with Crippen molar-refractivity contribution >= 4 is 54.5 Å². The first-order valence-electron chi connectivity index (χ1n) is 9.72. The first-order chi connectivity index (χ1) is 15.6. The minimum Gasteiger partial charge on any atom is -0.360 e. The van der Waals surface area contributed by atoms with E-state index in [4.69, 9.17) is 16.1 Å². The van der Waals surface area contributed by atoms with Gasteiger partial charge in [0.25, 0.3) is 15.9 Å². The fraction of sp³-hybridized carbons (Fsp3) is 0.190. The number of fused-ring (bicyclic) bond motifs is 1. The van der Waals surface area contributed by atoms with Gasteiger partial charge >= 0.3 is 5.69 Å². The predicted molar refractivity (Wildman–Crippen MR) is 127 cm³/mol. The molecule has 0 spiro atoms. The molecule has 0 aliphatic rings. The number of sulfonamides is 1. The van der Waals surface area contributed by atoms with Gasteiger partial charge in [0.1, 0.15) is 21.9 Å². The van der Waals surface area contributed by atoms with Crippen molar-refractivity contribution in [3.63, 3.8) is 0 Å². The van der Waals surface area contributed by atoms with Gasteiger partial charge in [-0.15, -0.1) is 0 Å². The smallest absolute Gasteiger partial charge is 0.328 e. The van der Waals surface area contributed by atoms with Crippen LogP contribution in [0.4, 0.5) is 0 Å². The maximum atomic E-state index is 13.2. The molecule has 0 bridgehead atoms. The minimum absolute atomic E-state index is 0.0153. The van der Waals surface area contributed by atoms with Gasteiger partial charge in [-0.05, 0) is 34.1 Å². The number of rotatable bonds is 5. The highest BCUT2D eigenvalue weighted by Crippen LogP contribution is 2.32. The summed E-state index contributed by atoms with van der Waals surface area (Å²) in [5.41, 5.74) is 1.19. The van der Waals surface area contributed by atoms with E-state index in [-0.39, 0.29) is 32.1 Å². The van der Waals surface area contributed by atoms with E-state index in [2.05, 4.69) is 25.8 Å². The Kier molecular flexibility index (Phi) is 5.97. The average molecular weight is 554 g/mol. The van der Waals surface area contributed by atoms with E-state index in [9.17, 15) is 18.0 Å². The zero-order chi connectivity index (χ0) is 24.1. The summed E-state index contributed by atoms with van der Waals surface area (Å²) in [5, 5.41) is 4.30. The summed E-state index contributed by atoms with van der Waals surface area (Å²) in [6.07, 6.45) is 0.308. The van der Waals surface area contributed by atoms with Crippen LogP contribution in [0.2, 0.25) is 5.02 Å². The first kappa shape index (κ1) is 23.3. The molecule has 0 fully saturated rings. The molecular weight excluding hydrogens is 536 g/mol. The third-order valence-corrected chi connectivity index (χ3v) is 7.90. The minimum atomic E-state index is -4.34. The molecule has 0 atom stereocenters. The first-order valence-corrected chi connectivity index (χ1v) is 12.4. The Balaban J connectivity index is 1.79.